The summed E-state index contributed by atoms with van der Waals surface area (Å²) in [6.07, 6.45) is 2.00. The monoisotopic (exact) mass is 807 g/mol. The van der Waals surface area contributed by atoms with Crippen LogP contribution in [-0.2, 0) is 41.6 Å². The second-order valence-electron chi connectivity index (χ2n) is 15.8. The highest BCUT2D eigenvalue weighted by Crippen LogP contribution is 2.49. The average molecular weight is 808 g/mol. The van der Waals surface area contributed by atoms with E-state index in [9.17, 15) is 34.5 Å². The van der Waals surface area contributed by atoms with E-state index >= 15 is 0 Å². The van der Waals surface area contributed by atoms with Crippen molar-refractivity contribution in [3.05, 3.63) is 52.1 Å². The van der Waals surface area contributed by atoms with Gasteiger partial charge in [-0.05, 0) is 57.7 Å². The third-order valence-electron chi connectivity index (χ3n) is 11.3. The zero-order chi connectivity index (χ0) is 41.2. The summed E-state index contributed by atoms with van der Waals surface area (Å²) in [4.78, 5) is 57.5. The highest BCUT2D eigenvalue weighted by molar-refractivity contribution is 8.01. The van der Waals surface area contributed by atoms with Gasteiger partial charge in [0.25, 0.3) is 0 Å². The second-order valence-corrected chi connectivity index (χ2v) is 18.3. The van der Waals surface area contributed by atoms with E-state index in [1.54, 1.807) is 59.2 Å². The number of rotatable bonds is 9. The van der Waals surface area contributed by atoms with Gasteiger partial charge in [0.2, 0.25) is 11.8 Å². The Balaban J connectivity index is 1.76. The van der Waals surface area contributed by atoms with E-state index in [2.05, 4.69) is 5.32 Å². The number of anilines is 1. The number of ether oxygens (including phenoxy) is 3. The van der Waals surface area contributed by atoms with Crippen LogP contribution < -0.4 is 10.2 Å². The van der Waals surface area contributed by atoms with Crippen molar-refractivity contribution in [3.63, 3.8) is 0 Å². The number of esters is 1. The van der Waals surface area contributed by atoms with Crippen molar-refractivity contribution in [1.29, 1.82) is 0 Å². The Morgan fingerprint density at radius 1 is 1.24 bits per heavy atom. The van der Waals surface area contributed by atoms with Gasteiger partial charge in [-0.1, -0.05) is 69.2 Å². The number of nitrogens with one attached hydrogen (secondary N) is 1. The first-order valence-corrected chi connectivity index (χ1v) is 20.1. The van der Waals surface area contributed by atoms with E-state index in [-0.39, 0.29) is 35.6 Å². The fourth-order valence-electron chi connectivity index (χ4n) is 7.44. The quantitative estimate of drug-likeness (QED) is 0.197. The molecule has 2 saturated heterocycles. The largest absolute Gasteiger partial charge is 0.457 e. The van der Waals surface area contributed by atoms with Gasteiger partial charge in [0.05, 0.1) is 41.2 Å². The van der Waals surface area contributed by atoms with Crippen LogP contribution in [0.4, 0.5) is 10.5 Å². The lowest BCUT2D eigenvalue weighted by Crippen LogP contribution is -2.62. The van der Waals surface area contributed by atoms with E-state index in [4.69, 9.17) is 25.8 Å². The van der Waals surface area contributed by atoms with Gasteiger partial charge in [0.1, 0.15) is 23.9 Å². The zero-order valence-corrected chi connectivity index (χ0v) is 35.1. The van der Waals surface area contributed by atoms with Gasteiger partial charge in [-0.25, -0.2) is 9.59 Å². The van der Waals surface area contributed by atoms with Gasteiger partial charge < -0.3 is 39.3 Å². The summed E-state index contributed by atoms with van der Waals surface area (Å²) in [6.45, 7) is 13.9. The number of aliphatic hydroxyl groups excluding tert-OH is 2. The molecule has 15 heteroatoms. The molecule has 9 atom stereocenters. The molecule has 55 heavy (non-hydrogen) atoms. The number of carbonyl (C=O) groups excluding carboxylic acids is 4. The molecule has 1 aromatic rings. The predicted molar refractivity (Wildman–Crippen MR) is 212 cm³/mol. The van der Waals surface area contributed by atoms with E-state index in [1.807, 2.05) is 40.7 Å². The highest BCUT2D eigenvalue weighted by Gasteiger charge is 2.64. The third-order valence-corrected chi connectivity index (χ3v) is 13.2. The van der Waals surface area contributed by atoms with Gasteiger partial charge in [0.15, 0.2) is 5.72 Å². The number of allylic oxidation sites excluding steroid dienone is 3. The molecular formula is C40H58ClN3O10S. The molecule has 3 amide bonds. The molecule has 0 aliphatic carbocycles. The molecule has 3 aliphatic rings. The molecule has 306 valence electrons. The molecule has 2 fully saturated rings. The van der Waals surface area contributed by atoms with Crippen LogP contribution in [0.1, 0.15) is 85.8 Å². The minimum Gasteiger partial charge on any atom is -0.457 e. The molecule has 0 aromatic heterocycles. The number of fused-ring (bicyclic) bond motifs is 5. The molecule has 4 bridgehead atoms. The summed E-state index contributed by atoms with van der Waals surface area (Å²) in [5.74, 6) is -2.90. The molecule has 3 aliphatic heterocycles. The number of hydrogen-bond donors (Lipinski definition) is 4. The third kappa shape index (κ3) is 9.70. The van der Waals surface area contributed by atoms with Crippen LogP contribution in [0.2, 0.25) is 5.02 Å². The van der Waals surface area contributed by atoms with Crippen molar-refractivity contribution in [3.8, 4) is 0 Å². The van der Waals surface area contributed by atoms with Crippen molar-refractivity contribution in [2.75, 3.05) is 25.6 Å². The lowest BCUT2D eigenvalue weighted by molar-refractivity contribution is -0.162. The number of aliphatic hydroxyl groups is 3. The second kappa shape index (κ2) is 17.6. The normalized spacial score (nSPS) is 31.9. The number of nitrogens with zero attached hydrogens (tertiary/aromatic N) is 2. The smallest absolute Gasteiger partial charge is 0.409 e. The molecule has 13 nitrogen and oxygen atoms in total. The average Bonchev–Trinajstić information content (AvgIpc) is 3.82. The van der Waals surface area contributed by atoms with Crippen molar-refractivity contribution < 1.29 is 48.7 Å². The molecule has 3 heterocycles. The van der Waals surface area contributed by atoms with Gasteiger partial charge in [-0.3, -0.25) is 14.9 Å². The number of thioether (sulfide) groups is 1. The van der Waals surface area contributed by atoms with Crippen molar-refractivity contribution >= 4 is 52.9 Å². The molecule has 1 unspecified atom stereocenters. The van der Waals surface area contributed by atoms with E-state index < -0.39 is 76.8 Å². The van der Waals surface area contributed by atoms with Crippen LogP contribution in [0.5, 0.6) is 0 Å². The molecule has 4 N–H and O–H groups in total. The number of halogens is 1. The SMILES string of the molecule is CCC(C)(SC(C)C)C(=O)N(C)[C@H](C)C(=O)O[C@H]1CC(=O)N(C)c2cc(cc(CO)c2Cl)C/C(C)=C/C=C/[C@@H](CO)[C@@]2(O)C[C@H](OC(=O)N2)[C@@H](C)[C@@H]2O[C@@]12C. The fraction of sp³-hybridized carbons (Fsp3) is 0.650. The number of benzene rings is 1. The van der Waals surface area contributed by atoms with E-state index in [0.29, 0.717) is 24.1 Å². The standard InChI is InChI=1S/C40H58ClN3O10S/c1-11-38(7,55-22(2)3)36(49)43(9)25(6)35(48)53-31-18-32(47)44(10)29-17-26(16-27(20-45)33(29)41)15-23(4)13-12-14-28(21-46)40(51)19-30(52-37(50)42-40)24(5)34-39(31,8)54-34/h12-14,16-17,22,24-25,28,30-31,34,45-46,51H,11,15,18-21H2,1-10H3,(H,42,50)/b14-12+,23-13+/t24-,25-,28+,30+,31+,34+,38?,39+,40+/m1/s1. The Bertz CT molecular complexity index is 1690. The van der Waals surface area contributed by atoms with Crippen molar-refractivity contribution in [2.45, 2.75) is 133 Å². The maximum atomic E-state index is 14.2. The van der Waals surface area contributed by atoms with Gasteiger partial charge >= 0.3 is 12.1 Å². The van der Waals surface area contributed by atoms with E-state index in [1.165, 1.54) is 21.6 Å². The minimum atomic E-state index is -1.87. The first kappa shape index (κ1) is 44.6. The summed E-state index contributed by atoms with van der Waals surface area (Å²) in [5, 5.41) is 35.1. The number of amides is 3. The van der Waals surface area contributed by atoms with Crippen molar-refractivity contribution in [1.82, 2.24) is 10.2 Å². The topological polar surface area (TPSA) is 178 Å². The number of epoxide rings is 1. The predicted octanol–water partition coefficient (Wildman–Crippen LogP) is 4.90. The maximum absolute atomic E-state index is 14.2. The number of likely N-dealkylation sites (N-methyl/N-ethyl adjacent to an activating group) is 1. The number of carbonyl (C=O) groups is 4. The van der Waals surface area contributed by atoms with Crippen LogP contribution in [0.25, 0.3) is 0 Å². The molecule has 4 rings (SSSR count). The zero-order valence-electron chi connectivity index (χ0n) is 33.6. The van der Waals surface area contributed by atoms with Crippen LogP contribution in [0, 0.1) is 11.8 Å². The first-order valence-electron chi connectivity index (χ1n) is 18.8. The Morgan fingerprint density at radius 2 is 1.91 bits per heavy atom. The van der Waals surface area contributed by atoms with Crippen LogP contribution in [0.3, 0.4) is 0 Å². The molecule has 0 spiro atoms. The summed E-state index contributed by atoms with van der Waals surface area (Å²) >= 11 is 8.26. The van der Waals surface area contributed by atoms with Gasteiger partial charge in [-0.2, -0.15) is 0 Å². The maximum Gasteiger partial charge on any atom is 0.409 e. The summed E-state index contributed by atoms with van der Waals surface area (Å²) < 4.78 is 17.3. The summed E-state index contributed by atoms with van der Waals surface area (Å²) in [5.41, 5.74) is -0.722. The van der Waals surface area contributed by atoms with Crippen molar-refractivity contribution in [2.24, 2.45) is 11.8 Å². The number of hydrogen-bond acceptors (Lipinski definition) is 11. The lowest BCUT2D eigenvalue weighted by atomic mass is 9.81. The van der Waals surface area contributed by atoms with E-state index in [0.717, 1.165) is 11.1 Å². The minimum absolute atomic E-state index is 0.0942. The van der Waals surface area contributed by atoms with Crippen LogP contribution in [0.15, 0.2) is 35.9 Å². The fourth-order valence-corrected chi connectivity index (χ4v) is 9.19. The molecule has 0 saturated carbocycles. The molecule has 0 radical (unpaired) electrons. The lowest BCUT2D eigenvalue weighted by Gasteiger charge is -2.42. The van der Waals surface area contributed by atoms with Crippen LogP contribution in [-0.4, -0.2) is 110 Å². The highest BCUT2D eigenvalue weighted by atomic mass is 35.5. The van der Waals surface area contributed by atoms with Crippen LogP contribution >= 0.6 is 23.4 Å². The Labute approximate surface area is 333 Å². The van der Waals surface area contributed by atoms with Gasteiger partial charge in [-0.15, -0.1) is 11.8 Å². The first-order chi connectivity index (χ1) is 25.6. The molecule has 1 aromatic carbocycles. The Kier molecular flexibility index (Phi) is 14.2. The summed E-state index contributed by atoms with van der Waals surface area (Å²) in [6, 6.07) is 2.49. The van der Waals surface area contributed by atoms with Gasteiger partial charge in [0, 0.05) is 37.6 Å². The number of alkyl carbamates (subject to hydrolysis) is 1. The molecular weight excluding hydrogens is 750 g/mol. The summed E-state index contributed by atoms with van der Waals surface area (Å²) in [7, 11) is 3.11. The Morgan fingerprint density at radius 3 is 2.51 bits per heavy atom. The Hall–Kier alpha value is -3.14.